The molecule has 1 aliphatic heterocycles. The Bertz CT molecular complexity index is 1110. The molecule has 0 bridgehead atoms. The third kappa shape index (κ3) is 4.80. The molecule has 8 nitrogen and oxygen atoms in total. The number of benzene rings is 2. The molecular formula is C24H24N4O4. The highest BCUT2D eigenvalue weighted by atomic mass is 16.3. The Hall–Kier alpha value is -4.07. The molecule has 0 saturated heterocycles. The van der Waals surface area contributed by atoms with Gasteiger partial charge in [0.1, 0.15) is 11.8 Å². The molecule has 8 heteroatoms. The van der Waals surface area contributed by atoms with E-state index in [2.05, 4.69) is 33.0 Å². The summed E-state index contributed by atoms with van der Waals surface area (Å²) in [6.45, 7) is 2.43. The molecule has 0 radical (unpaired) electrons. The Balaban J connectivity index is 1.39. The third-order valence-electron chi connectivity index (χ3n) is 5.30. The molecule has 0 unspecified atom stereocenters. The first-order valence-electron chi connectivity index (χ1n) is 10.4. The second-order valence-electron chi connectivity index (χ2n) is 7.53. The summed E-state index contributed by atoms with van der Waals surface area (Å²) in [6, 6.07) is 18.1. The van der Waals surface area contributed by atoms with Crippen LogP contribution >= 0.6 is 0 Å². The lowest BCUT2D eigenvalue weighted by Crippen LogP contribution is -2.41. The minimum absolute atomic E-state index is 0.187. The molecule has 0 saturated carbocycles. The Kier molecular flexibility index (Phi) is 6.21. The van der Waals surface area contributed by atoms with Crippen molar-refractivity contribution in [2.24, 2.45) is 0 Å². The van der Waals surface area contributed by atoms with Gasteiger partial charge in [0.05, 0.1) is 6.26 Å². The van der Waals surface area contributed by atoms with Crippen molar-refractivity contribution in [3.8, 4) is 0 Å². The number of fused-ring (bicyclic) bond motifs is 1. The van der Waals surface area contributed by atoms with Crippen molar-refractivity contribution in [3.05, 3.63) is 78.3 Å². The molecule has 0 aliphatic carbocycles. The van der Waals surface area contributed by atoms with Gasteiger partial charge in [0.2, 0.25) is 5.91 Å². The molecule has 3 amide bonds. The van der Waals surface area contributed by atoms with Crippen LogP contribution in [0.25, 0.3) is 0 Å². The van der Waals surface area contributed by atoms with Crippen LogP contribution in [0.3, 0.4) is 0 Å². The summed E-state index contributed by atoms with van der Waals surface area (Å²) in [5.74, 6) is -0.971. The van der Waals surface area contributed by atoms with Crippen LogP contribution in [0.1, 0.15) is 24.3 Å². The number of amides is 3. The number of furan rings is 1. The largest absolute Gasteiger partial charge is 0.467 e. The summed E-state index contributed by atoms with van der Waals surface area (Å²) in [7, 11) is 0. The first kappa shape index (κ1) is 21.2. The molecule has 4 rings (SSSR count). The van der Waals surface area contributed by atoms with E-state index in [1.54, 1.807) is 30.5 Å². The maximum absolute atomic E-state index is 12.5. The van der Waals surface area contributed by atoms with Crippen LogP contribution in [-0.4, -0.2) is 30.8 Å². The number of carbonyl (C=O) groups excluding carboxylic acids is 3. The van der Waals surface area contributed by atoms with E-state index in [-0.39, 0.29) is 18.5 Å². The quantitative estimate of drug-likeness (QED) is 0.520. The summed E-state index contributed by atoms with van der Waals surface area (Å²) in [4.78, 5) is 38.1. The van der Waals surface area contributed by atoms with E-state index in [0.29, 0.717) is 11.4 Å². The van der Waals surface area contributed by atoms with Crippen molar-refractivity contribution in [3.63, 3.8) is 0 Å². The third-order valence-corrected chi connectivity index (χ3v) is 5.30. The van der Waals surface area contributed by atoms with Gasteiger partial charge in [0.25, 0.3) is 0 Å². The molecule has 32 heavy (non-hydrogen) atoms. The van der Waals surface area contributed by atoms with Crippen LogP contribution in [0.15, 0.2) is 71.3 Å². The van der Waals surface area contributed by atoms with Gasteiger partial charge in [-0.1, -0.05) is 18.2 Å². The van der Waals surface area contributed by atoms with Crippen LogP contribution in [0.2, 0.25) is 0 Å². The molecule has 2 heterocycles. The molecule has 1 aromatic heterocycles. The second-order valence-corrected chi connectivity index (χ2v) is 7.53. The number of rotatable bonds is 6. The maximum Gasteiger partial charge on any atom is 0.313 e. The number of nitrogens with zero attached hydrogens (tertiary/aromatic N) is 1. The first-order chi connectivity index (χ1) is 15.5. The highest BCUT2D eigenvalue weighted by Gasteiger charge is 2.29. The van der Waals surface area contributed by atoms with Crippen LogP contribution in [-0.2, 0) is 20.8 Å². The molecule has 1 atom stereocenters. The highest BCUT2D eigenvalue weighted by molar-refractivity contribution is 6.39. The average molecular weight is 432 g/mol. The average Bonchev–Trinajstić information content (AvgIpc) is 3.46. The van der Waals surface area contributed by atoms with Gasteiger partial charge in [0, 0.05) is 37.1 Å². The van der Waals surface area contributed by atoms with E-state index >= 15 is 0 Å². The smallest absolute Gasteiger partial charge is 0.313 e. The second kappa shape index (κ2) is 9.38. The van der Waals surface area contributed by atoms with E-state index in [0.717, 1.165) is 24.4 Å². The number of nitrogens with one attached hydrogen (secondary N) is 3. The zero-order valence-corrected chi connectivity index (χ0v) is 17.6. The molecule has 3 aromatic rings. The Labute approximate surface area is 185 Å². The van der Waals surface area contributed by atoms with Gasteiger partial charge < -0.3 is 25.3 Å². The Morgan fingerprint density at radius 1 is 0.938 bits per heavy atom. The lowest BCUT2D eigenvalue weighted by molar-refractivity contribution is -0.136. The Morgan fingerprint density at radius 2 is 1.66 bits per heavy atom. The zero-order chi connectivity index (χ0) is 22.5. The molecule has 3 N–H and O–H groups in total. The summed E-state index contributed by atoms with van der Waals surface area (Å²) < 4.78 is 5.63. The number of hydrogen-bond acceptors (Lipinski definition) is 5. The van der Waals surface area contributed by atoms with E-state index in [1.165, 1.54) is 12.5 Å². The number of anilines is 3. The van der Waals surface area contributed by atoms with Gasteiger partial charge in [-0.05, 0) is 54.4 Å². The van der Waals surface area contributed by atoms with Gasteiger partial charge >= 0.3 is 11.8 Å². The van der Waals surface area contributed by atoms with Crippen molar-refractivity contribution in [2.45, 2.75) is 19.4 Å². The van der Waals surface area contributed by atoms with Gasteiger partial charge in [0.15, 0.2) is 0 Å². The lowest BCUT2D eigenvalue weighted by Gasteiger charge is -2.29. The van der Waals surface area contributed by atoms with Crippen molar-refractivity contribution >= 4 is 34.8 Å². The fraction of sp³-hybridized carbons (Fsp3) is 0.208. The normalized spacial score (nSPS) is 13.2. The van der Waals surface area contributed by atoms with Crippen molar-refractivity contribution < 1.29 is 18.8 Å². The predicted octanol–water partition coefficient (Wildman–Crippen LogP) is 3.10. The van der Waals surface area contributed by atoms with E-state index in [1.807, 2.05) is 24.3 Å². The molecule has 164 valence electrons. The molecular weight excluding hydrogens is 408 g/mol. The first-order valence-corrected chi connectivity index (χ1v) is 10.4. The van der Waals surface area contributed by atoms with Gasteiger partial charge in [-0.15, -0.1) is 0 Å². The topological polar surface area (TPSA) is 104 Å². The summed E-state index contributed by atoms with van der Waals surface area (Å²) in [5.41, 5.74) is 3.41. The fourth-order valence-corrected chi connectivity index (χ4v) is 3.83. The van der Waals surface area contributed by atoms with Gasteiger partial charge in [-0.25, -0.2) is 0 Å². The minimum atomic E-state index is -0.766. The van der Waals surface area contributed by atoms with Crippen molar-refractivity contribution in [1.82, 2.24) is 5.32 Å². The van der Waals surface area contributed by atoms with Crippen molar-refractivity contribution in [2.75, 3.05) is 28.6 Å². The van der Waals surface area contributed by atoms with Gasteiger partial charge in [-0.3, -0.25) is 14.4 Å². The van der Waals surface area contributed by atoms with Gasteiger partial charge in [-0.2, -0.15) is 0 Å². The molecule has 0 fully saturated rings. The Morgan fingerprint density at radius 3 is 2.34 bits per heavy atom. The summed E-state index contributed by atoms with van der Waals surface area (Å²) in [5, 5.41) is 7.94. The molecule has 2 aromatic carbocycles. The van der Waals surface area contributed by atoms with Crippen molar-refractivity contribution in [1.29, 1.82) is 0 Å². The lowest BCUT2D eigenvalue weighted by atomic mass is 10.1. The fourth-order valence-electron chi connectivity index (χ4n) is 3.83. The predicted molar refractivity (Wildman–Crippen MR) is 121 cm³/mol. The number of carbonyl (C=O) groups is 3. The zero-order valence-electron chi connectivity index (χ0n) is 17.6. The van der Waals surface area contributed by atoms with Crippen LogP contribution in [0.5, 0.6) is 0 Å². The number of hydrogen-bond donors (Lipinski definition) is 3. The summed E-state index contributed by atoms with van der Waals surface area (Å²) in [6.07, 6.45) is 2.51. The van der Waals surface area contributed by atoms with Crippen LogP contribution < -0.4 is 20.9 Å². The standard InChI is InChI=1S/C24H24N4O4/c1-16(29)26-18-8-10-19(11-9-18)27-24(31)23(30)25-15-21(22-7-4-14-32-22)28-13-12-17-5-2-3-6-20(17)28/h2-11,14,21H,12-13,15H2,1H3,(H,25,30)(H,26,29)(H,27,31)/t21-/m1/s1. The van der Waals surface area contributed by atoms with Crippen LogP contribution in [0.4, 0.5) is 17.1 Å². The van der Waals surface area contributed by atoms with E-state index < -0.39 is 11.8 Å². The van der Waals surface area contributed by atoms with E-state index in [4.69, 9.17) is 4.42 Å². The van der Waals surface area contributed by atoms with E-state index in [9.17, 15) is 14.4 Å². The highest BCUT2D eigenvalue weighted by Crippen LogP contribution is 2.34. The summed E-state index contributed by atoms with van der Waals surface area (Å²) >= 11 is 0. The molecule has 1 aliphatic rings. The number of para-hydroxylation sites is 1. The minimum Gasteiger partial charge on any atom is -0.467 e. The SMILES string of the molecule is CC(=O)Nc1ccc(NC(=O)C(=O)NC[C@H](c2ccco2)N2CCc3ccccc32)cc1. The maximum atomic E-state index is 12.5. The van der Waals surface area contributed by atoms with Crippen LogP contribution in [0, 0.1) is 0 Å². The molecule has 0 spiro atoms. The monoisotopic (exact) mass is 432 g/mol.